The van der Waals surface area contributed by atoms with E-state index >= 15 is 0 Å². The van der Waals surface area contributed by atoms with E-state index in [1.165, 1.54) is 62.4 Å². The van der Waals surface area contributed by atoms with Gasteiger partial charge >= 0.3 is 5.97 Å². The Hall–Kier alpha value is -2.13. The smallest absolute Gasteiger partial charge is 0.352 e. The molecular formula is C23H18ClN3O5S5. The number of nitrogens with zero attached hydrogens (tertiary/aromatic N) is 1. The van der Waals surface area contributed by atoms with E-state index < -0.39 is 23.3 Å². The number of hydrogen-bond acceptors (Lipinski definition) is 10. The molecule has 0 saturated carbocycles. The maximum absolute atomic E-state index is 12.9. The highest BCUT2D eigenvalue weighted by Gasteiger charge is 2.53. The Morgan fingerprint density at radius 2 is 2.14 bits per heavy atom. The van der Waals surface area contributed by atoms with Crippen molar-refractivity contribution in [3.8, 4) is 0 Å². The number of aliphatic carboxylic acids is 1. The number of allylic oxidation sites excluding steroid dienone is 1. The number of β-lactam (4-membered cyclic amide) rings is 1. The van der Waals surface area contributed by atoms with Crippen molar-refractivity contribution in [2.45, 2.75) is 28.6 Å². The fourth-order valence-corrected chi connectivity index (χ4v) is 9.97. The van der Waals surface area contributed by atoms with Gasteiger partial charge in [-0.25, -0.2) is 4.79 Å². The summed E-state index contributed by atoms with van der Waals surface area (Å²) in [6, 6.07) is 4.58. The van der Waals surface area contributed by atoms with E-state index in [4.69, 9.17) is 17.3 Å². The van der Waals surface area contributed by atoms with Crippen LogP contribution in [0, 0.1) is 0 Å². The molecule has 5 rings (SSSR count). The SMILES string of the molecule is NCc1c(S/C=C/C2=C(C(=O)O)N3C(=O)C(NC(=O)Cc4cccs4)[C@H]3SC2)sc2sc(Cl)cc2c1=O. The van der Waals surface area contributed by atoms with Gasteiger partial charge < -0.3 is 16.2 Å². The first-order valence-electron chi connectivity index (χ1n) is 10.8. The Bertz CT molecular complexity index is 1530. The molecule has 2 amide bonds. The first kappa shape index (κ1) is 26.5. The van der Waals surface area contributed by atoms with E-state index in [-0.39, 0.29) is 30.0 Å². The Labute approximate surface area is 236 Å². The molecule has 1 fully saturated rings. The van der Waals surface area contributed by atoms with E-state index in [0.29, 0.717) is 30.8 Å². The van der Waals surface area contributed by atoms with Crippen LogP contribution in [0.5, 0.6) is 0 Å². The number of nitrogens with two attached hydrogens (primary N) is 1. The molecule has 8 nitrogen and oxygen atoms in total. The van der Waals surface area contributed by atoms with Crippen LogP contribution >= 0.6 is 69.1 Å². The number of amides is 2. The summed E-state index contributed by atoms with van der Waals surface area (Å²) in [5.74, 6) is -1.59. The summed E-state index contributed by atoms with van der Waals surface area (Å²) in [5.41, 5.74) is 6.54. The molecule has 37 heavy (non-hydrogen) atoms. The average Bonchev–Trinajstić information content (AvgIpc) is 3.51. The van der Waals surface area contributed by atoms with Gasteiger partial charge in [0.15, 0.2) is 5.43 Å². The molecular weight excluding hydrogens is 594 g/mol. The zero-order valence-electron chi connectivity index (χ0n) is 18.8. The lowest BCUT2D eigenvalue weighted by atomic mass is 10.0. The number of halogens is 1. The van der Waals surface area contributed by atoms with Crippen LogP contribution in [-0.4, -0.2) is 45.0 Å². The topological polar surface area (TPSA) is 130 Å². The second-order valence-corrected chi connectivity index (χ2v) is 14.2. The van der Waals surface area contributed by atoms with Gasteiger partial charge in [0, 0.05) is 22.7 Å². The maximum atomic E-state index is 12.9. The zero-order chi connectivity index (χ0) is 26.3. The summed E-state index contributed by atoms with van der Waals surface area (Å²) in [5, 5.41) is 16.3. The standard InChI is InChI=1S/C23H18ClN3O5S5/c24-14-7-12-18(29)13(8-25)22(37-23(12)36-14)34-5-3-10-9-35-20-16(19(30)27(20)17(10)21(31)32)26-15(28)6-11-2-1-4-33-11/h1-5,7,16,20H,6,8-9,25H2,(H,26,28)(H,31,32)/b5-3+/t16?,20-/m1/s1. The third-order valence-corrected chi connectivity index (χ3v) is 11.5. The summed E-state index contributed by atoms with van der Waals surface area (Å²) < 4.78 is 2.03. The molecule has 14 heteroatoms. The number of rotatable bonds is 8. The van der Waals surface area contributed by atoms with Gasteiger partial charge in [0.2, 0.25) is 5.91 Å². The van der Waals surface area contributed by atoms with Crippen molar-refractivity contribution in [2.75, 3.05) is 5.75 Å². The Balaban J connectivity index is 1.33. The van der Waals surface area contributed by atoms with E-state index in [2.05, 4.69) is 5.32 Å². The highest BCUT2D eigenvalue weighted by atomic mass is 35.5. The Kier molecular flexibility index (Phi) is 7.82. The summed E-state index contributed by atoms with van der Waals surface area (Å²) in [7, 11) is 0. The second-order valence-electron chi connectivity index (χ2n) is 7.96. The van der Waals surface area contributed by atoms with Crippen molar-refractivity contribution in [2.24, 2.45) is 5.73 Å². The predicted octanol–water partition coefficient (Wildman–Crippen LogP) is 4.08. The highest BCUT2D eigenvalue weighted by Crippen LogP contribution is 2.42. The van der Waals surface area contributed by atoms with E-state index in [1.54, 1.807) is 17.6 Å². The van der Waals surface area contributed by atoms with Crippen molar-refractivity contribution >= 4 is 96.3 Å². The number of thioether (sulfide) groups is 2. The van der Waals surface area contributed by atoms with E-state index in [0.717, 1.165) is 8.89 Å². The lowest BCUT2D eigenvalue weighted by Gasteiger charge is -2.49. The number of carbonyl (C=O) groups excluding carboxylic acids is 2. The molecule has 0 spiro atoms. The molecule has 5 heterocycles. The lowest BCUT2D eigenvalue weighted by Crippen LogP contribution is -2.70. The fourth-order valence-electron chi connectivity index (χ4n) is 4.00. The van der Waals surface area contributed by atoms with Gasteiger partial charge in [-0.15, -0.1) is 45.8 Å². The number of fused-ring (bicyclic) bond motifs is 2. The molecule has 0 bridgehead atoms. The van der Waals surface area contributed by atoms with Crippen molar-refractivity contribution in [1.82, 2.24) is 10.2 Å². The Morgan fingerprint density at radius 1 is 1.32 bits per heavy atom. The van der Waals surface area contributed by atoms with Gasteiger partial charge in [0.25, 0.3) is 5.91 Å². The lowest BCUT2D eigenvalue weighted by molar-refractivity contribution is -0.150. The largest absolute Gasteiger partial charge is 0.477 e. The van der Waals surface area contributed by atoms with Crippen LogP contribution in [-0.2, 0) is 27.3 Å². The van der Waals surface area contributed by atoms with Crippen LogP contribution in [0.15, 0.2) is 55.3 Å². The molecule has 4 N–H and O–H groups in total. The summed E-state index contributed by atoms with van der Waals surface area (Å²) in [4.78, 5) is 52.3. The molecule has 3 aromatic rings. The molecule has 1 saturated heterocycles. The highest BCUT2D eigenvalue weighted by molar-refractivity contribution is 8.04. The summed E-state index contributed by atoms with van der Waals surface area (Å²) in [6.07, 6.45) is 1.82. The normalized spacial score (nSPS) is 19.4. The summed E-state index contributed by atoms with van der Waals surface area (Å²) >= 11 is 12.9. The molecule has 0 radical (unpaired) electrons. The van der Waals surface area contributed by atoms with E-state index in [1.807, 2.05) is 17.5 Å². The third kappa shape index (κ3) is 5.13. The number of nitrogens with one attached hydrogen (secondary N) is 1. The van der Waals surface area contributed by atoms with Crippen LogP contribution in [0.1, 0.15) is 10.4 Å². The summed E-state index contributed by atoms with van der Waals surface area (Å²) in [6.45, 7) is 0.0669. The van der Waals surface area contributed by atoms with Gasteiger partial charge in [-0.05, 0) is 34.6 Å². The number of carboxylic acids is 1. The quantitative estimate of drug-likeness (QED) is 0.257. The number of hydrogen-bond donors (Lipinski definition) is 3. The monoisotopic (exact) mass is 611 g/mol. The average molecular weight is 612 g/mol. The van der Waals surface area contributed by atoms with Gasteiger partial charge in [0.05, 0.1) is 24.4 Å². The van der Waals surface area contributed by atoms with Gasteiger partial charge in [-0.1, -0.05) is 29.4 Å². The van der Waals surface area contributed by atoms with Crippen molar-refractivity contribution in [1.29, 1.82) is 0 Å². The Morgan fingerprint density at radius 3 is 2.84 bits per heavy atom. The molecule has 0 aliphatic carbocycles. The third-order valence-electron chi connectivity index (χ3n) is 5.70. The molecule has 2 aliphatic rings. The first-order valence-corrected chi connectivity index (χ1v) is 15.6. The second kappa shape index (κ2) is 10.9. The zero-order valence-corrected chi connectivity index (χ0v) is 23.6. The number of carboxylic acid groups (broad SMARTS) is 1. The van der Waals surface area contributed by atoms with Crippen molar-refractivity contribution < 1.29 is 19.5 Å². The maximum Gasteiger partial charge on any atom is 0.352 e. The molecule has 192 valence electrons. The number of thiophene rings is 2. The van der Waals surface area contributed by atoms with Crippen LogP contribution < -0.4 is 16.5 Å². The van der Waals surface area contributed by atoms with Crippen molar-refractivity contribution in [3.63, 3.8) is 0 Å². The minimum Gasteiger partial charge on any atom is -0.477 e. The minimum absolute atomic E-state index is 0.0669. The predicted molar refractivity (Wildman–Crippen MR) is 152 cm³/mol. The fraction of sp³-hybridized carbons (Fsp3) is 0.217. The van der Waals surface area contributed by atoms with Gasteiger partial charge in [-0.3, -0.25) is 19.3 Å². The van der Waals surface area contributed by atoms with Gasteiger partial charge in [-0.2, -0.15) is 0 Å². The number of carbonyl (C=O) groups is 3. The first-order chi connectivity index (χ1) is 17.8. The van der Waals surface area contributed by atoms with E-state index in [9.17, 15) is 24.3 Å². The minimum atomic E-state index is -1.21. The van der Waals surface area contributed by atoms with Crippen LogP contribution in [0.2, 0.25) is 4.34 Å². The van der Waals surface area contributed by atoms with Crippen LogP contribution in [0.4, 0.5) is 0 Å². The molecule has 1 unspecified atom stereocenters. The molecule has 2 aliphatic heterocycles. The molecule has 0 aromatic carbocycles. The van der Waals surface area contributed by atoms with Crippen LogP contribution in [0.25, 0.3) is 9.40 Å². The molecule has 3 aromatic heterocycles. The molecule has 2 atom stereocenters. The van der Waals surface area contributed by atoms with Crippen molar-refractivity contribution in [3.05, 3.63) is 71.3 Å². The van der Waals surface area contributed by atoms with Gasteiger partial charge in [0.1, 0.15) is 17.1 Å². The van der Waals surface area contributed by atoms with Crippen LogP contribution in [0.3, 0.4) is 0 Å².